The normalized spacial score (nSPS) is 12.7. The largest absolute Gasteiger partial charge is 0.457 e. The molecule has 1 aliphatic heterocycles. The lowest BCUT2D eigenvalue weighted by Crippen LogP contribution is -2.38. The number of ether oxygens (including phenoxy) is 1. The fraction of sp³-hybridized carbons (Fsp3) is 0.174. The Balaban J connectivity index is 1.47. The van der Waals surface area contributed by atoms with E-state index in [1.165, 1.54) is 11.8 Å². The van der Waals surface area contributed by atoms with Gasteiger partial charge >= 0.3 is 6.03 Å². The minimum atomic E-state index is -0.278. The van der Waals surface area contributed by atoms with Crippen LogP contribution < -0.4 is 15.4 Å². The first kappa shape index (κ1) is 22.3. The van der Waals surface area contributed by atoms with Gasteiger partial charge in [0.05, 0.1) is 5.69 Å². The van der Waals surface area contributed by atoms with Gasteiger partial charge in [-0.25, -0.2) is 4.79 Å². The fourth-order valence-corrected chi connectivity index (χ4v) is 4.56. The summed E-state index contributed by atoms with van der Waals surface area (Å²) < 4.78 is 7.68. The number of hydrogen-bond donors (Lipinski definition) is 2. The molecule has 2 aromatic carbocycles. The highest BCUT2D eigenvalue weighted by atomic mass is 79.9. The van der Waals surface area contributed by atoms with Crippen LogP contribution in [0.4, 0.5) is 10.5 Å². The third kappa shape index (κ3) is 5.11. The van der Waals surface area contributed by atoms with Gasteiger partial charge in [0.15, 0.2) is 0 Å². The number of benzene rings is 2. The van der Waals surface area contributed by atoms with Crippen LogP contribution in [0.3, 0.4) is 0 Å². The van der Waals surface area contributed by atoms with Crippen molar-refractivity contribution in [3.63, 3.8) is 0 Å². The molecule has 164 valence electrons. The van der Waals surface area contributed by atoms with E-state index >= 15 is 0 Å². The lowest BCUT2D eigenvalue weighted by Gasteiger charge is -2.29. The van der Waals surface area contributed by atoms with Gasteiger partial charge in [-0.1, -0.05) is 22.0 Å². The Hall–Kier alpha value is -2.91. The molecule has 2 N–H and O–H groups in total. The molecule has 0 aliphatic carbocycles. The highest BCUT2D eigenvalue weighted by molar-refractivity contribution is 9.11. The quantitative estimate of drug-likeness (QED) is 0.451. The molecule has 3 amide bonds. The first-order valence-corrected chi connectivity index (χ1v) is 11.5. The summed E-state index contributed by atoms with van der Waals surface area (Å²) in [7, 11) is 1.55. The van der Waals surface area contributed by atoms with Crippen LogP contribution in [-0.2, 0) is 13.0 Å². The van der Waals surface area contributed by atoms with Crippen molar-refractivity contribution in [2.45, 2.75) is 13.0 Å². The van der Waals surface area contributed by atoms with E-state index in [-0.39, 0.29) is 17.6 Å². The van der Waals surface area contributed by atoms with Crippen LogP contribution >= 0.6 is 31.9 Å². The van der Waals surface area contributed by atoms with E-state index < -0.39 is 0 Å². The summed E-state index contributed by atoms with van der Waals surface area (Å²) in [5.41, 5.74) is 3.21. The molecule has 7 nitrogen and oxygen atoms in total. The lowest BCUT2D eigenvalue weighted by molar-refractivity contribution is 0.0958. The maximum Gasteiger partial charge on any atom is 0.322 e. The molecule has 0 spiro atoms. The minimum Gasteiger partial charge on any atom is -0.457 e. The molecule has 0 saturated carbocycles. The number of anilines is 1. The molecule has 1 aromatic heterocycles. The summed E-state index contributed by atoms with van der Waals surface area (Å²) >= 11 is 6.89. The second kappa shape index (κ2) is 9.70. The highest BCUT2D eigenvalue weighted by Gasteiger charge is 2.22. The van der Waals surface area contributed by atoms with Crippen LogP contribution in [0, 0.1) is 0 Å². The summed E-state index contributed by atoms with van der Waals surface area (Å²) in [4.78, 5) is 30.4. The molecule has 0 bridgehead atoms. The van der Waals surface area contributed by atoms with Crippen LogP contribution in [-0.4, -0.2) is 35.4 Å². The number of carbonyl (C=O) groups excluding carboxylic acids is 2. The standard InChI is InChI=1S/C23H20Br2N4O3/c1-26-22(30)21-12-18(6-8-27-21)32-17-4-2-14-7-9-29(13-15(14)10-17)23(31)28-20-5-3-16(24)11-19(20)25/h2-6,8,10-12H,7,9,13H2,1H3,(H,26,30)(H,28,31). The Morgan fingerprint density at radius 2 is 1.84 bits per heavy atom. The maximum atomic E-state index is 12.8. The Morgan fingerprint density at radius 3 is 2.62 bits per heavy atom. The van der Waals surface area contributed by atoms with Gasteiger partial charge in [-0.3, -0.25) is 9.78 Å². The van der Waals surface area contributed by atoms with E-state index in [2.05, 4.69) is 47.5 Å². The van der Waals surface area contributed by atoms with Gasteiger partial charge in [0.25, 0.3) is 5.91 Å². The zero-order valence-electron chi connectivity index (χ0n) is 17.2. The number of aromatic nitrogens is 1. The number of halogens is 2. The first-order valence-electron chi connectivity index (χ1n) is 9.91. The monoisotopic (exact) mass is 558 g/mol. The highest BCUT2D eigenvalue weighted by Crippen LogP contribution is 2.29. The summed E-state index contributed by atoms with van der Waals surface area (Å²) in [6, 6.07) is 14.6. The Labute approximate surface area is 202 Å². The van der Waals surface area contributed by atoms with Crippen LogP contribution in [0.1, 0.15) is 21.6 Å². The summed E-state index contributed by atoms with van der Waals surface area (Å²) in [5, 5.41) is 5.50. The number of nitrogens with one attached hydrogen (secondary N) is 2. The number of nitrogens with zero attached hydrogens (tertiary/aromatic N) is 2. The third-order valence-electron chi connectivity index (χ3n) is 5.08. The Bertz CT molecular complexity index is 1190. The van der Waals surface area contributed by atoms with Gasteiger partial charge in [-0.2, -0.15) is 0 Å². The molecule has 32 heavy (non-hydrogen) atoms. The minimum absolute atomic E-state index is 0.158. The molecule has 0 atom stereocenters. The van der Waals surface area contributed by atoms with Gasteiger partial charge in [0.2, 0.25) is 0 Å². The third-order valence-corrected chi connectivity index (χ3v) is 6.23. The van der Waals surface area contributed by atoms with Crippen molar-refractivity contribution in [2.75, 3.05) is 18.9 Å². The van der Waals surface area contributed by atoms with E-state index in [9.17, 15) is 9.59 Å². The molecule has 4 rings (SSSR count). The van der Waals surface area contributed by atoms with Crippen molar-refractivity contribution < 1.29 is 14.3 Å². The second-order valence-electron chi connectivity index (χ2n) is 7.21. The number of urea groups is 1. The van der Waals surface area contributed by atoms with Crippen molar-refractivity contribution in [1.29, 1.82) is 0 Å². The molecule has 0 unspecified atom stereocenters. The molecule has 0 saturated heterocycles. The number of fused-ring (bicyclic) bond motifs is 1. The van der Waals surface area contributed by atoms with Gasteiger partial charge < -0.3 is 20.3 Å². The SMILES string of the molecule is CNC(=O)c1cc(Oc2ccc3c(c2)CN(C(=O)Nc2ccc(Br)cc2Br)CC3)ccn1. The average Bonchev–Trinajstić information content (AvgIpc) is 2.80. The van der Waals surface area contributed by atoms with Crippen LogP contribution in [0.15, 0.2) is 63.7 Å². The molecular weight excluding hydrogens is 540 g/mol. The first-order chi connectivity index (χ1) is 15.4. The van der Waals surface area contributed by atoms with E-state index in [4.69, 9.17) is 4.74 Å². The molecular formula is C23H20Br2N4O3. The summed E-state index contributed by atoms with van der Waals surface area (Å²) in [5.74, 6) is 0.875. The van der Waals surface area contributed by atoms with Gasteiger partial charge in [0.1, 0.15) is 17.2 Å². The molecule has 1 aliphatic rings. The van der Waals surface area contributed by atoms with Crippen molar-refractivity contribution >= 4 is 49.5 Å². The van der Waals surface area contributed by atoms with Crippen molar-refractivity contribution in [3.05, 3.63) is 80.5 Å². The van der Waals surface area contributed by atoms with E-state index in [1.54, 1.807) is 24.1 Å². The predicted octanol–water partition coefficient (Wildman–Crippen LogP) is 5.35. The Kier molecular flexibility index (Phi) is 6.76. The van der Waals surface area contributed by atoms with Crippen LogP contribution in [0.5, 0.6) is 11.5 Å². The Morgan fingerprint density at radius 1 is 1.03 bits per heavy atom. The average molecular weight is 560 g/mol. The molecule has 9 heteroatoms. The van der Waals surface area contributed by atoms with Gasteiger partial charge in [-0.05, 0) is 69.9 Å². The van der Waals surface area contributed by atoms with Gasteiger partial charge in [0, 0.05) is 41.3 Å². The van der Waals surface area contributed by atoms with Gasteiger partial charge in [-0.15, -0.1) is 0 Å². The topological polar surface area (TPSA) is 83.6 Å². The summed E-state index contributed by atoms with van der Waals surface area (Å²) in [6.45, 7) is 1.11. The number of amides is 3. The number of pyridine rings is 1. The summed E-state index contributed by atoms with van der Waals surface area (Å²) in [6.07, 6.45) is 2.30. The van der Waals surface area contributed by atoms with Crippen molar-refractivity contribution in [1.82, 2.24) is 15.2 Å². The van der Waals surface area contributed by atoms with E-state index in [0.29, 0.717) is 30.3 Å². The lowest BCUT2D eigenvalue weighted by atomic mass is 10.00. The molecule has 0 radical (unpaired) electrons. The number of carbonyl (C=O) groups is 2. The number of hydrogen-bond acceptors (Lipinski definition) is 4. The zero-order valence-corrected chi connectivity index (χ0v) is 20.4. The fourth-order valence-electron chi connectivity index (χ4n) is 3.42. The molecule has 0 fully saturated rings. The smallest absolute Gasteiger partial charge is 0.322 e. The predicted molar refractivity (Wildman–Crippen MR) is 129 cm³/mol. The van der Waals surface area contributed by atoms with Crippen LogP contribution in [0.2, 0.25) is 0 Å². The van der Waals surface area contributed by atoms with E-state index in [1.807, 2.05) is 36.4 Å². The number of rotatable bonds is 4. The maximum absolute atomic E-state index is 12.8. The van der Waals surface area contributed by atoms with Crippen LogP contribution in [0.25, 0.3) is 0 Å². The molecule has 2 heterocycles. The second-order valence-corrected chi connectivity index (χ2v) is 8.98. The zero-order chi connectivity index (χ0) is 22.7. The van der Waals surface area contributed by atoms with E-state index in [0.717, 1.165) is 20.9 Å². The molecule has 3 aromatic rings. The van der Waals surface area contributed by atoms with Crippen molar-refractivity contribution in [3.8, 4) is 11.5 Å². The van der Waals surface area contributed by atoms with Crippen molar-refractivity contribution in [2.24, 2.45) is 0 Å².